The maximum absolute atomic E-state index is 12.9. The standard InChI is InChI=1S/C21H22N4OS/c1-14-8-4-6-10-17(14)20-22-23-21(24(20)3)27-13-19(26)25-15(2)12-16-9-5-7-11-18(16)25/h4-11,15H,12-13H2,1-3H3/t15-/m1/s1. The summed E-state index contributed by atoms with van der Waals surface area (Å²) in [5.74, 6) is 1.28. The number of fused-ring (bicyclic) bond motifs is 1. The summed E-state index contributed by atoms with van der Waals surface area (Å²) < 4.78 is 1.96. The molecular weight excluding hydrogens is 356 g/mol. The van der Waals surface area contributed by atoms with Crippen LogP contribution in [0.15, 0.2) is 53.7 Å². The molecule has 1 aliphatic rings. The molecule has 1 aliphatic heterocycles. The lowest BCUT2D eigenvalue weighted by atomic mass is 10.1. The van der Waals surface area contributed by atoms with E-state index >= 15 is 0 Å². The van der Waals surface area contributed by atoms with E-state index < -0.39 is 0 Å². The summed E-state index contributed by atoms with van der Waals surface area (Å²) in [6, 6.07) is 16.5. The molecule has 0 bridgehead atoms. The first-order chi connectivity index (χ1) is 13.1. The van der Waals surface area contributed by atoms with E-state index in [0.29, 0.717) is 5.75 Å². The zero-order chi connectivity index (χ0) is 19.0. The van der Waals surface area contributed by atoms with Crippen molar-refractivity contribution >= 4 is 23.4 Å². The largest absolute Gasteiger partial charge is 0.308 e. The Labute approximate surface area is 163 Å². The third kappa shape index (κ3) is 3.25. The highest BCUT2D eigenvalue weighted by molar-refractivity contribution is 7.99. The molecule has 0 N–H and O–H groups in total. The van der Waals surface area contributed by atoms with Crippen LogP contribution < -0.4 is 4.90 Å². The van der Waals surface area contributed by atoms with Crippen molar-refractivity contribution in [1.82, 2.24) is 14.8 Å². The van der Waals surface area contributed by atoms with Gasteiger partial charge in [0.2, 0.25) is 5.91 Å². The van der Waals surface area contributed by atoms with E-state index in [9.17, 15) is 4.79 Å². The SMILES string of the molecule is Cc1ccccc1-c1nnc(SCC(=O)N2c3ccccc3C[C@H]2C)n1C. The van der Waals surface area contributed by atoms with E-state index in [4.69, 9.17) is 0 Å². The van der Waals surface area contributed by atoms with E-state index in [0.717, 1.165) is 34.2 Å². The first kappa shape index (κ1) is 17.8. The van der Waals surface area contributed by atoms with Gasteiger partial charge in [0.05, 0.1) is 5.75 Å². The van der Waals surface area contributed by atoms with Crippen molar-refractivity contribution in [2.24, 2.45) is 7.05 Å². The molecule has 0 aliphatic carbocycles. The van der Waals surface area contributed by atoms with Crippen LogP contribution in [0.1, 0.15) is 18.1 Å². The Hall–Kier alpha value is -2.60. The number of amides is 1. The number of thioether (sulfide) groups is 1. The monoisotopic (exact) mass is 378 g/mol. The number of hydrogen-bond acceptors (Lipinski definition) is 4. The van der Waals surface area contributed by atoms with Crippen molar-refractivity contribution in [3.63, 3.8) is 0 Å². The van der Waals surface area contributed by atoms with Crippen molar-refractivity contribution in [2.45, 2.75) is 31.5 Å². The molecule has 2 heterocycles. The van der Waals surface area contributed by atoms with E-state index in [1.165, 1.54) is 17.3 Å². The van der Waals surface area contributed by atoms with Gasteiger partial charge in [0.1, 0.15) is 0 Å². The van der Waals surface area contributed by atoms with Gasteiger partial charge in [-0.25, -0.2) is 0 Å². The summed E-state index contributed by atoms with van der Waals surface area (Å²) in [5, 5.41) is 9.39. The second-order valence-electron chi connectivity index (χ2n) is 6.91. The Morgan fingerprint density at radius 1 is 1.15 bits per heavy atom. The molecule has 138 valence electrons. The Balaban J connectivity index is 1.50. The lowest BCUT2D eigenvalue weighted by molar-refractivity contribution is -0.116. The molecule has 0 unspecified atom stereocenters. The maximum atomic E-state index is 12.9. The summed E-state index contributed by atoms with van der Waals surface area (Å²) in [4.78, 5) is 14.8. The Bertz CT molecular complexity index is 997. The van der Waals surface area contributed by atoms with Gasteiger partial charge < -0.3 is 9.47 Å². The molecule has 0 saturated heterocycles. The van der Waals surface area contributed by atoms with Crippen LogP contribution in [0.2, 0.25) is 0 Å². The first-order valence-corrected chi connectivity index (χ1v) is 10.0. The predicted molar refractivity (Wildman–Crippen MR) is 109 cm³/mol. The van der Waals surface area contributed by atoms with Crippen LogP contribution in [0.25, 0.3) is 11.4 Å². The Morgan fingerprint density at radius 2 is 1.89 bits per heavy atom. The van der Waals surface area contributed by atoms with Crippen LogP contribution in [0.5, 0.6) is 0 Å². The quantitative estimate of drug-likeness (QED) is 0.647. The Morgan fingerprint density at radius 3 is 2.70 bits per heavy atom. The molecule has 1 aromatic heterocycles. The third-order valence-electron chi connectivity index (χ3n) is 5.02. The fourth-order valence-electron chi connectivity index (χ4n) is 3.64. The highest BCUT2D eigenvalue weighted by atomic mass is 32.2. The minimum Gasteiger partial charge on any atom is -0.308 e. The number of anilines is 1. The van der Waals surface area contributed by atoms with Gasteiger partial charge in [0.25, 0.3) is 0 Å². The highest BCUT2D eigenvalue weighted by Gasteiger charge is 2.30. The number of benzene rings is 2. The van der Waals surface area contributed by atoms with Crippen LogP contribution in [-0.4, -0.2) is 32.5 Å². The molecule has 2 aromatic carbocycles. The van der Waals surface area contributed by atoms with Gasteiger partial charge in [0, 0.05) is 24.3 Å². The summed E-state index contributed by atoms with van der Waals surface area (Å²) in [6.45, 7) is 4.16. The molecule has 3 aromatic rings. The van der Waals surface area contributed by atoms with Crippen molar-refractivity contribution in [1.29, 1.82) is 0 Å². The average Bonchev–Trinajstić information content (AvgIpc) is 3.19. The smallest absolute Gasteiger partial charge is 0.237 e. The third-order valence-corrected chi connectivity index (χ3v) is 6.03. The topological polar surface area (TPSA) is 51.0 Å². The minimum atomic E-state index is 0.109. The number of carbonyl (C=O) groups is 1. The molecule has 6 heteroatoms. The molecule has 5 nitrogen and oxygen atoms in total. The molecule has 4 rings (SSSR count). The van der Waals surface area contributed by atoms with Gasteiger partial charge in [-0.1, -0.05) is 54.2 Å². The fraction of sp³-hybridized carbons (Fsp3) is 0.286. The molecule has 1 atom stereocenters. The highest BCUT2D eigenvalue weighted by Crippen LogP contribution is 2.33. The van der Waals surface area contributed by atoms with Crippen molar-refractivity contribution < 1.29 is 4.79 Å². The predicted octanol–water partition coefficient (Wildman–Crippen LogP) is 3.86. The Kier molecular flexibility index (Phi) is 4.74. The van der Waals surface area contributed by atoms with Crippen LogP contribution in [0.3, 0.4) is 0 Å². The summed E-state index contributed by atoms with van der Waals surface area (Å²) in [7, 11) is 1.95. The minimum absolute atomic E-state index is 0.109. The van der Waals surface area contributed by atoms with E-state index in [2.05, 4.69) is 36.2 Å². The van der Waals surface area contributed by atoms with Gasteiger partial charge in [-0.3, -0.25) is 4.79 Å². The van der Waals surface area contributed by atoms with Gasteiger partial charge >= 0.3 is 0 Å². The average molecular weight is 379 g/mol. The number of hydrogen-bond donors (Lipinski definition) is 0. The van der Waals surface area contributed by atoms with Gasteiger partial charge in [0.15, 0.2) is 11.0 Å². The van der Waals surface area contributed by atoms with Gasteiger partial charge in [-0.2, -0.15) is 0 Å². The van der Waals surface area contributed by atoms with Crippen LogP contribution in [0, 0.1) is 6.92 Å². The fourth-order valence-corrected chi connectivity index (χ4v) is 4.41. The molecule has 0 fully saturated rings. The molecule has 1 amide bonds. The number of aryl methyl sites for hydroxylation is 1. The van der Waals surface area contributed by atoms with Crippen LogP contribution in [0.4, 0.5) is 5.69 Å². The molecular formula is C21H22N4OS. The van der Waals surface area contributed by atoms with Crippen molar-refractivity contribution in [3.8, 4) is 11.4 Å². The lowest BCUT2D eigenvalue weighted by Crippen LogP contribution is -2.37. The van der Waals surface area contributed by atoms with Crippen LogP contribution >= 0.6 is 11.8 Å². The second-order valence-corrected chi connectivity index (χ2v) is 7.86. The normalized spacial score (nSPS) is 15.8. The van der Waals surface area contributed by atoms with Gasteiger partial charge in [-0.15, -0.1) is 10.2 Å². The second kappa shape index (κ2) is 7.19. The molecule has 0 spiro atoms. The summed E-state index contributed by atoms with van der Waals surface area (Å²) in [5.41, 5.74) is 4.49. The van der Waals surface area contributed by atoms with E-state index in [1.54, 1.807) is 0 Å². The van der Waals surface area contributed by atoms with Gasteiger partial charge in [-0.05, 0) is 37.5 Å². The number of aromatic nitrogens is 3. The number of rotatable bonds is 4. The van der Waals surface area contributed by atoms with E-state index in [-0.39, 0.29) is 11.9 Å². The molecule has 0 radical (unpaired) electrons. The lowest BCUT2D eigenvalue weighted by Gasteiger charge is -2.22. The van der Waals surface area contributed by atoms with Crippen molar-refractivity contribution in [2.75, 3.05) is 10.7 Å². The number of carbonyl (C=O) groups excluding carboxylic acids is 1. The first-order valence-electron chi connectivity index (χ1n) is 9.04. The zero-order valence-electron chi connectivity index (χ0n) is 15.7. The van der Waals surface area contributed by atoms with E-state index in [1.807, 2.05) is 52.9 Å². The molecule has 27 heavy (non-hydrogen) atoms. The molecule has 0 saturated carbocycles. The van der Waals surface area contributed by atoms with Crippen LogP contribution in [-0.2, 0) is 18.3 Å². The summed E-state index contributed by atoms with van der Waals surface area (Å²) >= 11 is 1.44. The summed E-state index contributed by atoms with van der Waals surface area (Å²) in [6.07, 6.45) is 0.911. The maximum Gasteiger partial charge on any atom is 0.237 e. The zero-order valence-corrected chi connectivity index (χ0v) is 16.5. The van der Waals surface area contributed by atoms with Crippen molar-refractivity contribution in [3.05, 3.63) is 59.7 Å². The number of nitrogens with zero attached hydrogens (tertiary/aromatic N) is 4. The number of para-hydroxylation sites is 1.